The van der Waals surface area contributed by atoms with E-state index in [1.54, 1.807) is 53.6 Å². The molecule has 12 heteroatoms. The van der Waals surface area contributed by atoms with Gasteiger partial charge in [0.1, 0.15) is 11.6 Å². The molecule has 1 aliphatic heterocycles. The summed E-state index contributed by atoms with van der Waals surface area (Å²) in [7, 11) is -3.97. The minimum absolute atomic E-state index is 0.163. The highest BCUT2D eigenvalue weighted by molar-refractivity contribution is 7.90. The predicted molar refractivity (Wildman–Crippen MR) is 184 cm³/mol. The average Bonchev–Trinajstić information content (AvgIpc) is 3.70. The molecule has 1 aliphatic rings. The monoisotopic (exact) mass is 665 g/mol. The lowest BCUT2D eigenvalue weighted by molar-refractivity contribution is 0.122. The molecule has 246 valence electrons. The number of aryl methyl sites for hydroxylation is 1. The number of hydrogen-bond acceptors (Lipinski definition) is 8. The average molecular weight is 666 g/mol. The summed E-state index contributed by atoms with van der Waals surface area (Å²) in [6.45, 7) is 8.11. The number of aliphatic hydroxyl groups excluding tert-OH is 1. The van der Waals surface area contributed by atoms with Gasteiger partial charge in [-0.2, -0.15) is 5.10 Å². The molecule has 6 aromatic rings. The first kappa shape index (κ1) is 31.7. The lowest BCUT2D eigenvalue weighted by Crippen LogP contribution is -2.48. The molecule has 1 fully saturated rings. The van der Waals surface area contributed by atoms with Gasteiger partial charge in [-0.15, -0.1) is 0 Å². The second kappa shape index (κ2) is 12.9. The van der Waals surface area contributed by atoms with Crippen LogP contribution in [0.5, 0.6) is 0 Å². The summed E-state index contributed by atoms with van der Waals surface area (Å²) in [5.41, 5.74) is 5.02. The molecular weight excluding hydrogens is 630 g/mol. The summed E-state index contributed by atoms with van der Waals surface area (Å²) in [6.07, 6.45) is 8.24. The number of hydrogen-bond donors (Lipinski definition) is 1. The van der Waals surface area contributed by atoms with Crippen molar-refractivity contribution in [1.29, 1.82) is 0 Å². The molecule has 0 bridgehead atoms. The first-order valence-corrected chi connectivity index (χ1v) is 17.3. The van der Waals surface area contributed by atoms with E-state index in [0.29, 0.717) is 35.2 Å². The van der Waals surface area contributed by atoms with Gasteiger partial charge < -0.3 is 10.0 Å². The van der Waals surface area contributed by atoms with Crippen molar-refractivity contribution >= 4 is 26.9 Å². The minimum Gasteiger partial charge on any atom is -0.392 e. The molecule has 5 heterocycles. The van der Waals surface area contributed by atoms with E-state index in [2.05, 4.69) is 14.9 Å². The Hall–Kier alpha value is -4.91. The van der Waals surface area contributed by atoms with Crippen molar-refractivity contribution in [3.63, 3.8) is 0 Å². The Balaban J connectivity index is 1.24. The number of aliphatic hydroxyl groups is 1. The SMILES string of the molecule is Cc1ccc(S(=O)(=O)n2cc(-c3cnn(Cc4cccc(F)c4)c3)c3cc(-c4ccc(N5CCN(C[C@H](C)O)CC5)nc4)cnc32)cc1. The van der Waals surface area contributed by atoms with E-state index in [0.717, 1.165) is 54.3 Å². The second-order valence-corrected chi connectivity index (χ2v) is 14.2. The van der Waals surface area contributed by atoms with E-state index in [1.807, 2.05) is 50.5 Å². The molecule has 48 heavy (non-hydrogen) atoms. The van der Waals surface area contributed by atoms with Crippen LogP contribution in [0.15, 0.2) is 103 Å². The largest absolute Gasteiger partial charge is 0.392 e. The van der Waals surface area contributed by atoms with Gasteiger partial charge in [0, 0.05) is 85.2 Å². The molecule has 1 atom stereocenters. The Morgan fingerprint density at radius 2 is 1.65 bits per heavy atom. The molecule has 1 N–H and O–H groups in total. The number of halogens is 1. The van der Waals surface area contributed by atoms with Crippen LogP contribution in [0.2, 0.25) is 0 Å². The maximum atomic E-state index is 13.9. The topological polar surface area (TPSA) is 109 Å². The third kappa shape index (κ3) is 6.46. The van der Waals surface area contributed by atoms with Crippen LogP contribution in [0, 0.1) is 12.7 Å². The summed E-state index contributed by atoms with van der Waals surface area (Å²) < 4.78 is 44.6. The van der Waals surface area contributed by atoms with E-state index in [4.69, 9.17) is 9.97 Å². The fourth-order valence-corrected chi connectivity index (χ4v) is 7.49. The fraction of sp³-hybridized carbons (Fsp3) is 0.250. The number of β-amino-alcohol motifs (C(OH)–C–C–N with tert-alkyl or cyclic N) is 1. The molecule has 2 aromatic carbocycles. The third-order valence-electron chi connectivity index (χ3n) is 8.67. The first-order chi connectivity index (χ1) is 23.1. The number of pyridine rings is 2. The van der Waals surface area contributed by atoms with Crippen LogP contribution >= 0.6 is 0 Å². The highest BCUT2D eigenvalue weighted by Crippen LogP contribution is 2.35. The van der Waals surface area contributed by atoms with Gasteiger partial charge in [0.05, 0.1) is 23.7 Å². The molecule has 0 aliphatic carbocycles. The van der Waals surface area contributed by atoms with Crippen LogP contribution in [0.4, 0.5) is 10.2 Å². The van der Waals surface area contributed by atoms with E-state index in [1.165, 1.54) is 16.1 Å². The zero-order chi connectivity index (χ0) is 33.4. The zero-order valence-corrected chi connectivity index (χ0v) is 27.6. The summed E-state index contributed by atoms with van der Waals surface area (Å²) in [6, 6.07) is 19.0. The molecule has 0 spiro atoms. The molecule has 0 radical (unpaired) electrons. The van der Waals surface area contributed by atoms with Crippen molar-refractivity contribution in [1.82, 2.24) is 28.6 Å². The van der Waals surface area contributed by atoms with Gasteiger partial charge in [-0.05, 0) is 61.9 Å². The van der Waals surface area contributed by atoms with E-state index >= 15 is 0 Å². The predicted octanol–water partition coefficient (Wildman–Crippen LogP) is 5.20. The molecule has 1 saturated heterocycles. The lowest BCUT2D eigenvalue weighted by Gasteiger charge is -2.35. The fourth-order valence-electron chi connectivity index (χ4n) is 6.16. The molecule has 4 aromatic heterocycles. The third-order valence-corrected chi connectivity index (χ3v) is 10.3. The van der Waals surface area contributed by atoms with Crippen molar-refractivity contribution in [3.8, 4) is 22.3 Å². The highest BCUT2D eigenvalue weighted by Gasteiger charge is 2.24. The van der Waals surface area contributed by atoms with E-state index in [-0.39, 0.29) is 16.8 Å². The van der Waals surface area contributed by atoms with Gasteiger partial charge in [0.15, 0.2) is 5.65 Å². The van der Waals surface area contributed by atoms with E-state index in [9.17, 15) is 17.9 Å². The molecule has 0 unspecified atom stereocenters. The van der Waals surface area contributed by atoms with Gasteiger partial charge >= 0.3 is 0 Å². The maximum Gasteiger partial charge on any atom is 0.269 e. The summed E-state index contributed by atoms with van der Waals surface area (Å²) in [5, 5.41) is 14.9. The number of nitrogens with zero attached hydrogens (tertiary/aromatic N) is 7. The smallest absolute Gasteiger partial charge is 0.269 e. The molecule has 10 nitrogen and oxygen atoms in total. The second-order valence-electron chi connectivity index (χ2n) is 12.4. The maximum absolute atomic E-state index is 13.9. The molecule has 7 rings (SSSR count). The highest BCUT2D eigenvalue weighted by atomic mass is 32.2. The standard InChI is InChI=1S/C36H36FN7O3S/c1-25-6-9-32(10-7-25)48(46,47)44-24-34(30-20-40-43(23-30)22-27-4-3-5-31(37)16-27)33-17-29(19-39-36(33)44)28-8-11-35(38-18-28)42-14-12-41(13-15-42)21-26(2)45/h3-11,16-20,23-24,26,45H,12-15,21-22H2,1-2H3/t26-/m0/s1. The molecule has 0 amide bonds. The van der Waals surface area contributed by atoms with Crippen molar-refractivity contribution in [3.05, 3.63) is 115 Å². The number of anilines is 1. The first-order valence-electron chi connectivity index (χ1n) is 15.9. The van der Waals surface area contributed by atoms with Crippen LogP contribution in [0.3, 0.4) is 0 Å². The van der Waals surface area contributed by atoms with Gasteiger partial charge in [0.2, 0.25) is 0 Å². The van der Waals surface area contributed by atoms with Crippen LogP contribution in [0.25, 0.3) is 33.3 Å². The van der Waals surface area contributed by atoms with Crippen molar-refractivity contribution in [2.24, 2.45) is 0 Å². The van der Waals surface area contributed by atoms with Crippen molar-refractivity contribution < 1.29 is 17.9 Å². The number of rotatable bonds is 9. The summed E-state index contributed by atoms with van der Waals surface area (Å²) >= 11 is 0. The summed E-state index contributed by atoms with van der Waals surface area (Å²) in [5.74, 6) is 0.562. The zero-order valence-electron chi connectivity index (χ0n) is 26.7. The minimum atomic E-state index is -3.97. The van der Waals surface area contributed by atoms with Crippen LogP contribution in [-0.4, -0.2) is 81.0 Å². The Morgan fingerprint density at radius 3 is 2.35 bits per heavy atom. The van der Waals surface area contributed by atoms with Crippen molar-refractivity contribution in [2.75, 3.05) is 37.6 Å². The van der Waals surface area contributed by atoms with Crippen LogP contribution in [-0.2, 0) is 16.6 Å². The van der Waals surface area contributed by atoms with Gasteiger partial charge in [-0.1, -0.05) is 29.8 Å². The normalized spacial score (nSPS) is 14.9. The summed E-state index contributed by atoms with van der Waals surface area (Å²) in [4.78, 5) is 14.1. The lowest BCUT2D eigenvalue weighted by atomic mass is 10.1. The Morgan fingerprint density at radius 1 is 0.875 bits per heavy atom. The van der Waals surface area contributed by atoms with Gasteiger partial charge in [-0.25, -0.2) is 26.7 Å². The molecule has 0 saturated carbocycles. The Kier molecular flexibility index (Phi) is 8.54. The van der Waals surface area contributed by atoms with Crippen LogP contribution in [0.1, 0.15) is 18.1 Å². The number of fused-ring (bicyclic) bond motifs is 1. The van der Waals surface area contributed by atoms with E-state index < -0.39 is 10.0 Å². The van der Waals surface area contributed by atoms with Crippen molar-refractivity contribution in [2.45, 2.75) is 31.4 Å². The quantitative estimate of drug-likeness (QED) is 0.225. The van der Waals surface area contributed by atoms with Crippen LogP contribution < -0.4 is 4.90 Å². The number of aromatic nitrogens is 5. The Labute approximate surface area is 278 Å². The number of piperazine rings is 1. The van der Waals surface area contributed by atoms with Gasteiger partial charge in [0.25, 0.3) is 10.0 Å². The molecular formula is C36H36FN7O3S. The van der Waals surface area contributed by atoms with Gasteiger partial charge in [-0.3, -0.25) is 9.58 Å². The number of benzene rings is 2. The Bertz CT molecular complexity index is 2170.